The van der Waals surface area contributed by atoms with Crippen LogP contribution in [0.2, 0.25) is 0 Å². The second-order valence-corrected chi connectivity index (χ2v) is 12.7. The van der Waals surface area contributed by atoms with Crippen LogP contribution in [0.4, 0.5) is 5.69 Å². The van der Waals surface area contributed by atoms with Crippen molar-refractivity contribution >= 4 is 27.5 Å². The Morgan fingerprint density at radius 2 is 1.65 bits per heavy atom. The fourth-order valence-corrected chi connectivity index (χ4v) is 6.60. The maximum Gasteiger partial charge on any atom is 0.264 e. The van der Waals surface area contributed by atoms with Gasteiger partial charge in [0.1, 0.15) is 24.1 Å². The molecule has 4 rings (SSSR count). The molecule has 0 saturated heterocycles. The minimum atomic E-state index is -4.15. The number of carbonyl (C=O) groups is 2. The standard InChI is InChI=1S/C33H41N3O6S/c1-5-42-29-17-15-28(16-18-29)36(43(39,40)31-19-13-24(2)14-20-31)23-32(37)35(22-26-9-8-12-30(21-26)41-4)25(3)33(38)34-27-10-6-7-11-27/h8-9,12-21,25,27H,5-7,10-11,22-23H2,1-4H3,(H,34,38)/t25-/m0/s1. The Labute approximate surface area is 254 Å². The van der Waals surface area contributed by atoms with Crippen molar-refractivity contribution in [2.75, 3.05) is 24.6 Å². The Morgan fingerprint density at radius 1 is 0.977 bits per heavy atom. The van der Waals surface area contributed by atoms with Gasteiger partial charge in [-0.15, -0.1) is 0 Å². The first-order chi connectivity index (χ1) is 20.6. The van der Waals surface area contributed by atoms with Crippen molar-refractivity contribution in [3.63, 3.8) is 0 Å². The maximum absolute atomic E-state index is 14.2. The van der Waals surface area contributed by atoms with E-state index in [1.807, 2.05) is 26.0 Å². The molecular formula is C33H41N3O6S. The molecular weight excluding hydrogens is 566 g/mol. The number of sulfonamides is 1. The number of benzene rings is 3. The van der Waals surface area contributed by atoms with Gasteiger partial charge in [-0.3, -0.25) is 13.9 Å². The summed E-state index contributed by atoms with van der Waals surface area (Å²) in [6.07, 6.45) is 3.92. The molecule has 0 bridgehead atoms. The lowest BCUT2D eigenvalue weighted by atomic mass is 10.1. The zero-order valence-electron chi connectivity index (χ0n) is 25.3. The largest absolute Gasteiger partial charge is 0.497 e. The van der Waals surface area contributed by atoms with E-state index in [1.165, 1.54) is 17.0 Å². The number of rotatable bonds is 13. The van der Waals surface area contributed by atoms with Crippen LogP contribution in [0.1, 0.15) is 50.7 Å². The molecule has 10 heteroatoms. The molecule has 1 aliphatic rings. The van der Waals surface area contributed by atoms with E-state index in [9.17, 15) is 18.0 Å². The highest BCUT2D eigenvalue weighted by Gasteiger charge is 2.33. The number of methoxy groups -OCH3 is 1. The number of nitrogens with one attached hydrogen (secondary N) is 1. The Hall–Kier alpha value is -4.05. The first-order valence-electron chi connectivity index (χ1n) is 14.7. The van der Waals surface area contributed by atoms with E-state index in [0.717, 1.165) is 41.1 Å². The van der Waals surface area contributed by atoms with Crippen molar-refractivity contribution in [2.24, 2.45) is 0 Å². The average Bonchev–Trinajstić information content (AvgIpc) is 3.52. The normalized spacial score (nSPS) is 14.1. The molecule has 3 aromatic carbocycles. The summed E-state index contributed by atoms with van der Waals surface area (Å²) in [7, 11) is -2.59. The van der Waals surface area contributed by atoms with Crippen molar-refractivity contribution in [2.45, 2.75) is 70.0 Å². The molecule has 1 aliphatic carbocycles. The van der Waals surface area contributed by atoms with E-state index in [2.05, 4.69) is 5.32 Å². The zero-order chi connectivity index (χ0) is 31.0. The van der Waals surface area contributed by atoms with Gasteiger partial charge in [-0.1, -0.05) is 42.7 Å². The van der Waals surface area contributed by atoms with Gasteiger partial charge < -0.3 is 19.7 Å². The number of aryl methyl sites for hydroxylation is 1. The molecule has 230 valence electrons. The van der Waals surface area contributed by atoms with Crippen LogP contribution >= 0.6 is 0 Å². The highest BCUT2D eigenvalue weighted by molar-refractivity contribution is 7.92. The summed E-state index contributed by atoms with van der Waals surface area (Å²) >= 11 is 0. The first kappa shape index (κ1) is 31.9. The number of nitrogens with zero attached hydrogens (tertiary/aromatic N) is 2. The molecule has 3 aromatic rings. The second-order valence-electron chi connectivity index (χ2n) is 10.8. The third-order valence-corrected chi connectivity index (χ3v) is 9.47. The van der Waals surface area contributed by atoms with Crippen LogP contribution in [0.3, 0.4) is 0 Å². The van der Waals surface area contributed by atoms with Gasteiger partial charge in [0, 0.05) is 12.6 Å². The van der Waals surface area contributed by atoms with Gasteiger partial charge in [0.05, 0.1) is 24.3 Å². The van der Waals surface area contributed by atoms with Crippen molar-refractivity contribution < 1.29 is 27.5 Å². The summed E-state index contributed by atoms with van der Waals surface area (Å²) in [5, 5.41) is 3.08. The Balaban J connectivity index is 1.69. The summed E-state index contributed by atoms with van der Waals surface area (Å²) in [6, 6.07) is 19.6. The molecule has 0 radical (unpaired) electrons. The maximum atomic E-state index is 14.2. The summed E-state index contributed by atoms with van der Waals surface area (Å²) in [5.41, 5.74) is 1.97. The van der Waals surface area contributed by atoms with Crippen LogP contribution in [0.25, 0.3) is 0 Å². The molecule has 0 spiro atoms. The molecule has 43 heavy (non-hydrogen) atoms. The minimum Gasteiger partial charge on any atom is -0.497 e. The number of ether oxygens (including phenoxy) is 2. The van der Waals surface area contributed by atoms with Gasteiger partial charge in [-0.25, -0.2) is 8.42 Å². The average molecular weight is 608 g/mol. The van der Waals surface area contributed by atoms with E-state index < -0.39 is 28.5 Å². The van der Waals surface area contributed by atoms with Crippen molar-refractivity contribution in [1.29, 1.82) is 0 Å². The lowest BCUT2D eigenvalue weighted by Gasteiger charge is -2.32. The summed E-state index contributed by atoms with van der Waals surface area (Å²) in [5.74, 6) is 0.423. The van der Waals surface area contributed by atoms with Gasteiger partial charge in [0.15, 0.2) is 0 Å². The van der Waals surface area contributed by atoms with Gasteiger partial charge in [-0.05, 0) is 87.7 Å². The third kappa shape index (κ3) is 8.07. The molecule has 0 aliphatic heterocycles. The molecule has 0 aromatic heterocycles. The van der Waals surface area contributed by atoms with Crippen molar-refractivity contribution in [1.82, 2.24) is 10.2 Å². The van der Waals surface area contributed by atoms with Crippen LogP contribution in [0.5, 0.6) is 11.5 Å². The number of carbonyl (C=O) groups excluding carboxylic acids is 2. The van der Waals surface area contributed by atoms with Crippen LogP contribution < -0.4 is 19.1 Å². The second kappa shape index (κ2) is 14.4. The number of amides is 2. The highest BCUT2D eigenvalue weighted by atomic mass is 32.2. The molecule has 1 fully saturated rings. The molecule has 1 N–H and O–H groups in total. The third-order valence-electron chi connectivity index (χ3n) is 7.68. The van der Waals surface area contributed by atoms with Gasteiger partial charge in [0.25, 0.3) is 10.0 Å². The zero-order valence-corrected chi connectivity index (χ0v) is 26.1. The lowest BCUT2D eigenvalue weighted by Crippen LogP contribution is -2.52. The molecule has 1 atom stereocenters. The van der Waals surface area contributed by atoms with Gasteiger partial charge in [-0.2, -0.15) is 0 Å². The number of hydrogen-bond acceptors (Lipinski definition) is 6. The Kier molecular flexibility index (Phi) is 10.7. The molecule has 9 nitrogen and oxygen atoms in total. The SMILES string of the molecule is CCOc1ccc(N(CC(=O)N(Cc2cccc(OC)c2)[C@@H](C)C(=O)NC2CCCC2)S(=O)(=O)c2ccc(C)cc2)cc1. The van der Waals surface area contributed by atoms with E-state index in [4.69, 9.17) is 9.47 Å². The predicted molar refractivity (Wildman–Crippen MR) is 167 cm³/mol. The Morgan fingerprint density at radius 3 is 2.28 bits per heavy atom. The van der Waals surface area contributed by atoms with Crippen LogP contribution in [-0.4, -0.2) is 57.5 Å². The molecule has 0 heterocycles. The number of anilines is 1. The van der Waals surface area contributed by atoms with E-state index >= 15 is 0 Å². The van der Waals surface area contributed by atoms with E-state index in [-0.39, 0.29) is 23.4 Å². The van der Waals surface area contributed by atoms with Crippen LogP contribution in [-0.2, 0) is 26.2 Å². The van der Waals surface area contributed by atoms with Crippen molar-refractivity contribution in [3.05, 3.63) is 83.9 Å². The number of hydrogen-bond donors (Lipinski definition) is 1. The first-order valence-corrected chi connectivity index (χ1v) is 16.1. The van der Waals surface area contributed by atoms with E-state index in [0.29, 0.717) is 23.8 Å². The minimum absolute atomic E-state index is 0.0613. The van der Waals surface area contributed by atoms with Gasteiger partial charge in [0.2, 0.25) is 11.8 Å². The lowest BCUT2D eigenvalue weighted by molar-refractivity contribution is -0.139. The summed E-state index contributed by atoms with van der Waals surface area (Å²) in [6.45, 7) is 5.47. The van der Waals surface area contributed by atoms with Crippen LogP contribution in [0, 0.1) is 6.92 Å². The smallest absolute Gasteiger partial charge is 0.264 e. The summed E-state index contributed by atoms with van der Waals surface area (Å²) < 4.78 is 40.0. The molecule has 1 saturated carbocycles. The van der Waals surface area contributed by atoms with Crippen LogP contribution in [0.15, 0.2) is 77.7 Å². The highest BCUT2D eigenvalue weighted by Crippen LogP contribution is 2.27. The summed E-state index contributed by atoms with van der Waals surface area (Å²) in [4.78, 5) is 29.0. The van der Waals surface area contributed by atoms with Crippen molar-refractivity contribution in [3.8, 4) is 11.5 Å². The molecule has 0 unspecified atom stereocenters. The topological polar surface area (TPSA) is 105 Å². The fourth-order valence-electron chi connectivity index (χ4n) is 5.18. The monoisotopic (exact) mass is 607 g/mol. The quantitative estimate of drug-likeness (QED) is 0.291. The molecule has 2 amide bonds. The fraction of sp³-hybridized carbons (Fsp3) is 0.394. The van der Waals surface area contributed by atoms with Gasteiger partial charge >= 0.3 is 0 Å². The predicted octanol–water partition coefficient (Wildman–Crippen LogP) is 5.07. The Bertz CT molecular complexity index is 1490. The van der Waals surface area contributed by atoms with E-state index in [1.54, 1.807) is 62.6 Å².